The zero-order valence-electron chi connectivity index (χ0n) is 9.10. The highest BCUT2D eigenvalue weighted by atomic mass is 16.5. The van der Waals surface area contributed by atoms with Crippen molar-refractivity contribution in [2.24, 2.45) is 0 Å². The minimum atomic E-state index is -1.10. The first-order chi connectivity index (χ1) is 8.08. The third-order valence-corrected chi connectivity index (χ3v) is 2.16. The summed E-state index contributed by atoms with van der Waals surface area (Å²) in [4.78, 5) is 11.0. The molecule has 1 aromatic carbocycles. The number of nitrogens with zero attached hydrogens (tertiary/aromatic N) is 1. The molecule has 0 atom stereocenters. The Labute approximate surface area is 97.0 Å². The molecule has 6 heteroatoms. The molecule has 0 aliphatic carbocycles. The van der Waals surface area contributed by atoms with Crippen molar-refractivity contribution in [3.05, 3.63) is 35.5 Å². The number of H-pyrrole nitrogens is 1. The van der Waals surface area contributed by atoms with E-state index in [0.717, 1.165) is 5.69 Å². The molecule has 0 aliphatic heterocycles. The van der Waals surface area contributed by atoms with Gasteiger partial charge in [0.05, 0.1) is 5.69 Å². The summed E-state index contributed by atoms with van der Waals surface area (Å²) in [5.41, 5.74) is 6.76. The predicted octanol–water partition coefficient (Wildman–Crippen LogP) is 1.79. The zero-order chi connectivity index (χ0) is 12.4. The number of aryl methyl sites for hydroxylation is 1. The number of hydrogen-bond donors (Lipinski definition) is 3. The zero-order valence-corrected chi connectivity index (χ0v) is 9.10. The quantitative estimate of drug-likeness (QED) is 0.701. The van der Waals surface area contributed by atoms with E-state index < -0.39 is 5.97 Å². The molecule has 0 fully saturated rings. The number of carboxylic acids is 1. The lowest BCUT2D eigenvalue weighted by molar-refractivity contribution is 0.0694. The molecular weight excluding hydrogens is 222 g/mol. The number of carboxylic acid groups (broad SMARTS) is 1. The Hall–Kier alpha value is -2.50. The Morgan fingerprint density at radius 2 is 2.29 bits per heavy atom. The van der Waals surface area contributed by atoms with Crippen molar-refractivity contribution in [2.75, 3.05) is 5.73 Å². The van der Waals surface area contributed by atoms with E-state index >= 15 is 0 Å². The molecule has 1 aromatic heterocycles. The molecule has 0 saturated carbocycles. The molecule has 0 amide bonds. The summed E-state index contributed by atoms with van der Waals surface area (Å²) in [6.07, 6.45) is 0. The van der Waals surface area contributed by atoms with Crippen LogP contribution in [0.1, 0.15) is 16.1 Å². The second-order valence-corrected chi connectivity index (χ2v) is 3.52. The molecule has 0 radical (unpaired) electrons. The summed E-state index contributed by atoms with van der Waals surface area (Å²) in [5.74, 6) is -0.714. The molecule has 2 aromatic rings. The topological polar surface area (TPSA) is 101 Å². The molecule has 0 saturated heterocycles. The lowest BCUT2D eigenvalue weighted by atomic mass is 10.2. The van der Waals surface area contributed by atoms with Crippen molar-refractivity contribution >= 4 is 11.7 Å². The summed E-state index contributed by atoms with van der Waals surface area (Å²) in [6, 6.07) is 6.20. The fraction of sp³-hybridized carbons (Fsp3) is 0.0909. The van der Waals surface area contributed by atoms with Gasteiger partial charge in [-0.15, -0.1) is 5.10 Å². The molecule has 6 nitrogen and oxygen atoms in total. The van der Waals surface area contributed by atoms with Crippen LogP contribution >= 0.6 is 0 Å². The molecule has 0 bridgehead atoms. The number of aromatic amines is 1. The molecule has 1 heterocycles. The molecule has 0 spiro atoms. The maximum atomic E-state index is 11.0. The van der Waals surface area contributed by atoms with Crippen molar-refractivity contribution in [2.45, 2.75) is 6.92 Å². The van der Waals surface area contributed by atoms with Gasteiger partial charge in [-0.05, 0) is 19.1 Å². The molecule has 88 valence electrons. The summed E-state index contributed by atoms with van der Waals surface area (Å²) < 4.78 is 5.37. The maximum absolute atomic E-state index is 11.0. The van der Waals surface area contributed by atoms with Crippen LogP contribution < -0.4 is 10.5 Å². The second kappa shape index (κ2) is 4.17. The van der Waals surface area contributed by atoms with E-state index in [1.54, 1.807) is 18.2 Å². The van der Waals surface area contributed by atoms with Gasteiger partial charge in [-0.25, -0.2) is 4.79 Å². The minimum Gasteiger partial charge on any atom is -0.478 e. The number of aromatic nitrogens is 2. The van der Waals surface area contributed by atoms with Crippen molar-refractivity contribution in [3.8, 4) is 11.6 Å². The van der Waals surface area contributed by atoms with E-state index in [0.29, 0.717) is 0 Å². The maximum Gasteiger partial charge on any atom is 0.339 e. The molecule has 17 heavy (non-hydrogen) atoms. The van der Waals surface area contributed by atoms with Crippen LogP contribution in [0.25, 0.3) is 0 Å². The lowest BCUT2D eigenvalue weighted by Gasteiger charge is -2.08. The minimum absolute atomic E-state index is 0.00523. The average molecular weight is 233 g/mol. The number of nitrogens with one attached hydrogen (secondary N) is 1. The fourth-order valence-electron chi connectivity index (χ4n) is 1.39. The predicted molar refractivity (Wildman–Crippen MR) is 61.2 cm³/mol. The number of nitrogens with two attached hydrogens (primary N) is 1. The fourth-order valence-corrected chi connectivity index (χ4v) is 1.39. The first-order valence-corrected chi connectivity index (χ1v) is 4.89. The van der Waals surface area contributed by atoms with E-state index in [1.165, 1.54) is 6.07 Å². The molecule has 2 rings (SSSR count). The molecule has 0 unspecified atom stereocenters. The summed E-state index contributed by atoms with van der Waals surface area (Å²) in [5, 5.41) is 15.6. The Balaban J connectivity index is 2.40. The molecule has 0 aliphatic rings. The van der Waals surface area contributed by atoms with Crippen LogP contribution in [0.15, 0.2) is 24.3 Å². The van der Waals surface area contributed by atoms with Crippen LogP contribution in [-0.4, -0.2) is 21.3 Å². The average Bonchev–Trinajstić information content (AvgIpc) is 2.67. The van der Waals surface area contributed by atoms with E-state index in [1.807, 2.05) is 6.92 Å². The standard InChI is InChI=1S/C11H11N3O3/c1-6-5-9(14-13-6)17-10-7(11(15)16)3-2-4-8(10)12/h2-5H,12H2,1H3,(H,13,14)(H,15,16). The number of hydrogen-bond acceptors (Lipinski definition) is 4. The van der Waals surface area contributed by atoms with E-state index in [9.17, 15) is 4.79 Å². The Morgan fingerprint density at radius 3 is 2.88 bits per heavy atom. The SMILES string of the molecule is Cc1cc(Oc2c(N)cccc2C(=O)O)n[nH]1. The highest BCUT2D eigenvalue weighted by Gasteiger charge is 2.15. The van der Waals surface area contributed by atoms with Gasteiger partial charge in [0.25, 0.3) is 0 Å². The second-order valence-electron chi connectivity index (χ2n) is 3.52. The third-order valence-electron chi connectivity index (χ3n) is 2.16. The number of rotatable bonds is 3. The van der Waals surface area contributed by atoms with Crippen molar-refractivity contribution in [3.63, 3.8) is 0 Å². The summed E-state index contributed by atoms with van der Waals surface area (Å²) >= 11 is 0. The van der Waals surface area contributed by atoms with E-state index in [-0.39, 0.29) is 22.9 Å². The highest BCUT2D eigenvalue weighted by molar-refractivity contribution is 5.93. The van der Waals surface area contributed by atoms with Crippen LogP contribution in [0.5, 0.6) is 11.6 Å². The molecule has 4 N–H and O–H groups in total. The van der Waals surface area contributed by atoms with Gasteiger partial charge < -0.3 is 15.6 Å². The van der Waals surface area contributed by atoms with Gasteiger partial charge >= 0.3 is 5.97 Å². The van der Waals surface area contributed by atoms with Crippen LogP contribution in [0.3, 0.4) is 0 Å². The third kappa shape index (κ3) is 2.20. The monoisotopic (exact) mass is 233 g/mol. The van der Waals surface area contributed by atoms with Crippen molar-refractivity contribution in [1.29, 1.82) is 0 Å². The van der Waals surface area contributed by atoms with Gasteiger partial charge in [-0.2, -0.15) is 0 Å². The molecular formula is C11H11N3O3. The number of carbonyl (C=O) groups is 1. The van der Waals surface area contributed by atoms with Gasteiger partial charge in [0.1, 0.15) is 5.56 Å². The van der Waals surface area contributed by atoms with Crippen LogP contribution in [0.2, 0.25) is 0 Å². The smallest absolute Gasteiger partial charge is 0.339 e. The largest absolute Gasteiger partial charge is 0.478 e. The van der Waals surface area contributed by atoms with E-state index in [2.05, 4.69) is 10.2 Å². The number of ether oxygens (including phenoxy) is 1. The van der Waals surface area contributed by atoms with Gasteiger partial charge in [0, 0.05) is 11.8 Å². The first kappa shape index (κ1) is 11.0. The van der Waals surface area contributed by atoms with Crippen LogP contribution in [-0.2, 0) is 0 Å². The number of benzene rings is 1. The number of para-hydroxylation sites is 1. The number of anilines is 1. The highest BCUT2D eigenvalue weighted by Crippen LogP contribution is 2.30. The van der Waals surface area contributed by atoms with Gasteiger partial charge in [-0.3, -0.25) is 5.10 Å². The van der Waals surface area contributed by atoms with Crippen molar-refractivity contribution < 1.29 is 14.6 Å². The Kier molecular flexibility index (Phi) is 2.70. The number of aromatic carboxylic acids is 1. The normalized spacial score (nSPS) is 10.2. The summed E-state index contributed by atoms with van der Waals surface area (Å²) in [7, 11) is 0. The lowest BCUT2D eigenvalue weighted by Crippen LogP contribution is -2.03. The Morgan fingerprint density at radius 1 is 1.53 bits per heavy atom. The van der Waals surface area contributed by atoms with Crippen LogP contribution in [0.4, 0.5) is 5.69 Å². The Bertz CT molecular complexity index is 563. The van der Waals surface area contributed by atoms with Gasteiger partial charge in [0.15, 0.2) is 5.75 Å². The summed E-state index contributed by atoms with van der Waals surface area (Å²) in [6.45, 7) is 1.81. The van der Waals surface area contributed by atoms with Crippen molar-refractivity contribution in [1.82, 2.24) is 10.2 Å². The van der Waals surface area contributed by atoms with Crippen LogP contribution in [0, 0.1) is 6.92 Å². The van der Waals surface area contributed by atoms with Gasteiger partial charge in [-0.1, -0.05) is 6.07 Å². The first-order valence-electron chi connectivity index (χ1n) is 4.89. The number of nitrogen functional groups attached to an aromatic ring is 1. The van der Waals surface area contributed by atoms with E-state index in [4.69, 9.17) is 15.6 Å². The van der Waals surface area contributed by atoms with Gasteiger partial charge in [0.2, 0.25) is 5.88 Å².